The molecule has 0 atom stereocenters. The molecular formula is C19H21N3O4. The van der Waals surface area contributed by atoms with E-state index < -0.39 is 5.63 Å². The number of nitrogens with zero attached hydrogens (tertiary/aromatic N) is 2. The van der Waals surface area contributed by atoms with Gasteiger partial charge in [0.15, 0.2) is 0 Å². The van der Waals surface area contributed by atoms with Crippen molar-refractivity contribution in [3.8, 4) is 5.75 Å². The highest BCUT2D eigenvalue weighted by atomic mass is 16.5. The smallest absolute Gasteiger partial charge is 0.337 e. The summed E-state index contributed by atoms with van der Waals surface area (Å²) in [6.45, 7) is 4.15. The number of anilines is 1. The first-order chi connectivity index (χ1) is 12.6. The van der Waals surface area contributed by atoms with Crippen LogP contribution in [-0.2, 0) is 0 Å². The van der Waals surface area contributed by atoms with E-state index in [0.717, 1.165) is 12.8 Å². The lowest BCUT2D eigenvalue weighted by Gasteiger charge is -2.17. The van der Waals surface area contributed by atoms with Crippen LogP contribution in [0.15, 0.2) is 45.7 Å². The maximum absolute atomic E-state index is 12.8. The lowest BCUT2D eigenvalue weighted by Crippen LogP contribution is -2.19. The largest absolute Gasteiger partial charge is 0.497 e. The highest BCUT2D eigenvalue weighted by Gasteiger charge is 2.17. The molecule has 1 amide bonds. The summed E-state index contributed by atoms with van der Waals surface area (Å²) in [5.74, 6) is 0.754. The molecule has 3 rings (SSSR count). The van der Waals surface area contributed by atoms with Crippen LogP contribution in [0.5, 0.6) is 5.75 Å². The van der Waals surface area contributed by atoms with Crippen molar-refractivity contribution in [1.29, 1.82) is 0 Å². The molecular weight excluding hydrogens is 334 g/mol. The zero-order valence-electron chi connectivity index (χ0n) is 15.0. The number of carbonyl (C=O) groups is 1. The second-order valence-corrected chi connectivity index (χ2v) is 5.93. The van der Waals surface area contributed by atoms with E-state index in [1.807, 2.05) is 0 Å². The van der Waals surface area contributed by atoms with Crippen molar-refractivity contribution in [1.82, 2.24) is 9.78 Å². The predicted molar refractivity (Wildman–Crippen MR) is 98.8 cm³/mol. The Morgan fingerprint density at radius 3 is 2.73 bits per heavy atom. The molecule has 0 bridgehead atoms. The van der Waals surface area contributed by atoms with Crippen LogP contribution in [-0.4, -0.2) is 22.8 Å². The number of benzene rings is 1. The molecule has 0 radical (unpaired) electrons. The molecule has 3 aromatic rings. The fraction of sp³-hybridized carbons (Fsp3) is 0.316. The summed E-state index contributed by atoms with van der Waals surface area (Å²) in [6, 6.07) is 8.14. The summed E-state index contributed by atoms with van der Waals surface area (Å²) in [6.07, 6.45) is 3.45. The Hall–Kier alpha value is -3.09. The number of hydrogen-bond donors (Lipinski definition) is 1. The van der Waals surface area contributed by atoms with Crippen LogP contribution >= 0.6 is 0 Å². The third kappa shape index (κ3) is 3.33. The number of nitrogens with one attached hydrogen (secondary N) is 1. The minimum absolute atomic E-state index is 0.196. The number of amides is 1. The van der Waals surface area contributed by atoms with E-state index in [-0.39, 0.29) is 17.5 Å². The van der Waals surface area contributed by atoms with Gasteiger partial charge in [-0.2, -0.15) is 5.10 Å². The van der Waals surface area contributed by atoms with E-state index in [9.17, 15) is 9.59 Å². The van der Waals surface area contributed by atoms with E-state index in [2.05, 4.69) is 24.3 Å². The van der Waals surface area contributed by atoms with Crippen molar-refractivity contribution in [2.24, 2.45) is 0 Å². The minimum Gasteiger partial charge on any atom is -0.497 e. The summed E-state index contributed by atoms with van der Waals surface area (Å²) in [4.78, 5) is 24.7. The third-order valence-corrected chi connectivity index (χ3v) is 4.40. The number of aromatic nitrogens is 2. The number of ether oxygens (including phenoxy) is 1. The number of fused-ring (bicyclic) bond motifs is 1. The molecule has 0 aliphatic rings. The first-order valence-corrected chi connectivity index (χ1v) is 8.54. The van der Waals surface area contributed by atoms with Crippen LogP contribution in [0.3, 0.4) is 0 Å². The fourth-order valence-electron chi connectivity index (χ4n) is 2.98. The standard InChI is InChI=1S/C19H21N3O4/c1-4-12(5-2)22-17(8-9-20-22)21-19(24)15-11-18(23)26-16-10-13(25-3)6-7-14(15)16/h6-12H,4-5H2,1-3H3,(H,21,24). The molecule has 0 unspecified atom stereocenters. The van der Waals surface area contributed by atoms with Gasteiger partial charge >= 0.3 is 5.63 Å². The normalized spacial score (nSPS) is 11.1. The molecule has 2 heterocycles. The quantitative estimate of drug-likeness (QED) is 0.683. The van der Waals surface area contributed by atoms with Gasteiger partial charge in [-0.05, 0) is 25.0 Å². The molecule has 7 heteroatoms. The molecule has 7 nitrogen and oxygen atoms in total. The lowest BCUT2D eigenvalue weighted by molar-refractivity contribution is 0.102. The lowest BCUT2D eigenvalue weighted by atomic mass is 10.1. The average Bonchev–Trinajstić information content (AvgIpc) is 3.09. The molecule has 1 N–H and O–H groups in total. The fourth-order valence-corrected chi connectivity index (χ4v) is 2.98. The van der Waals surface area contributed by atoms with Gasteiger partial charge in [0.05, 0.1) is 24.9 Å². The van der Waals surface area contributed by atoms with Gasteiger partial charge in [-0.15, -0.1) is 0 Å². The van der Waals surface area contributed by atoms with Gasteiger partial charge in [0.25, 0.3) is 5.91 Å². The van der Waals surface area contributed by atoms with E-state index in [0.29, 0.717) is 22.5 Å². The highest BCUT2D eigenvalue weighted by molar-refractivity contribution is 6.11. The molecule has 0 aliphatic carbocycles. The molecule has 0 spiro atoms. The van der Waals surface area contributed by atoms with Gasteiger partial charge in [0, 0.05) is 23.6 Å². The zero-order chi connectivity index (χ0) is 18.7. The molecule has 0 saturated heterocycles. The molecule has 0 fully saturated rings. The first-order valence-electron chi connectivity index (χ1n) is 8.54. The monoisotopic (exact) mass is 355 g/mol. The van der Waals surface area contributed by atoms with Crippen molar-refractivity contribution < 1.29 is 13.9 Å². The molecule has 0 aliphatic heterocycles. The Bertz CT molecular complexity index is 986. The summed E-state index contributed by atoms with van der Waals surface area (Å²) < 4.78 is 12.1. The number of carbonyl (C=O) groups excluding carboxylic acids is 1. The van der Waals surface area contributed by atoms with E-state index in [4.69, 9.17) is 9.15 Å². The Kier molecular flexibility index (Phi) is 5.06. The minimum atomic E-state index is -0.593. The summed E-state index contributed by atoms with van der Waals surface area (Å²) in [5, 5.41) is 7.70. The SMILES string of the molecule is CCC(CC)n1nccc1NC(=O)c1cc(=O)oc2cc(OC)ccc12. The molecule has 1 aromatic carbocycles. The van der Waals surface area contributed by atoms with Crippen molar-refractivity contribution in [3.05, 3.63) is 52.5 Å². The van der Waals surface area contributed by atoms with Crippen molar-refractivity contribution in [2.75, 3.05) is 12.4 Å². The predicted octanol–water partition coefficient (Wildman–Crippen LogP) is 3.61. The number of rotatable bonds is 6. The van der Waals surface area contributed by atoms with Crippen molar-refractivity contribution in [2.45, 2.75) is 32.7 Å². The van der Waals surface area contributed by atoms with Gasteiger partial charge < -0.3 is 14.5 Å². The summed E-state index contributed by atoms with van der Waals surface area (Å²) >= 11 is 0. The topological polar surface area (TPSA) is 86.4 Å². The van der Waals surface area contributed by atoms with Crippen LogP contribution < -0.4 is 15.7 Å². The second-order valence-electron chi connectivity index (χ2n) is 5.93. The molecule has 2 aromatic heterocycles. The van der Waals surface area contributed by atoms with Gasteiger partial charge in [-0.3, -0.25) is 4.79 Å². The maximum Gasteiger partial charge on any atom is 0.337 e. The van der Waals surface area contributed by atoms with E-state index >= 15 is 0 Å². The Labute approximate surface area is 150 Å². The van der Waals surface area contributed by atoms with Gasteiger partial charge in [0.1, 0.15) is 17.2 Å². The second kappa shape index (κ2) is 7.43. The van der Waals surface area contributed by atoms with Crippen molar-refractivity contribution in [3.63, 3.8) is 0 Å². The number of methoxy groups -OCH3 is 1. The van der Waals surface area contributed by atoms with Crippen LogP contribution in [0, 0.1) is 0 Å². The van der Waals surface area contributed by atoms with Gasteiger partial charge in [-0.25, -0.2) is 9.48 Å². The molecule has 0 saturated carbocycles. The zero-order valence-corrected chi connectivity index (χ0v) is 15.0. The van der Waals surface area contributed by atoms with Crippen molar-refractivity contribution >= 4 is 22.7 Å². The summed E-state index contributed by atoms with van der Waals surface area (Å²) in [5.41, 5.74) is -0.0453. The first kappa shape index (κ1) is 17.7. The molecule has 136 valence electrons. The average molecular weight is 355 g/mol. The summed E-state index contributed by atoms with van der Waals surface area (Å²) in [7, 11) is 1.52. The van der Waals surface area contributed by atoms with Gasteiger partial charge in [-0.1, -0.05) is 13.8 Å². The van der Waals surface area contributed by atoms with E-state index in [1.165, 1.54) is 13.2 Å². The Morgan fingerprint density at radius 2 is 2.04 bits per heavy atom. The van der Waals surface area contributed by atoms with Crippen LogP contribution in [0.2, 0.25) is 0 Å². The van der Waals surface area contributed by atoms with Crippen LogP contribution in [0.1, 0.15) is 43.1 Å². The van der Waals surface area contributed by atoms with Gasteiger partial charge in [0.2, 0.25) is 0 Å². The van der Waals surface area contributed by atoms with Crippen LogP contribution in [0.25, 0.3) is 11.0 Å². The number of hydrogen-bond acceptors (Lipinski definition) is 5. The molecule has 26 heavy (non-hydrogen) atoms. The van der Waals surface area contributed by atoms with Crippen LogP contribution in [0.4, 0.5) is 5.82 Å². The Morgan fingerprint density at radius 1 is 1.27 bits per heavy atom. The van der Waals surface area contributed by atoms with E-state index in [1.54, 1.807) is 35.1 Å². The highest BCUT2D eigenvalue weighted by Crippen LogP contribution is 2.24. The Balaban J connectivity index is 1.99. The maximum atomic E-state index is 12.8. The third-order valence-electron chi connectivity index (χ3n) is 4.40.